The largest absolute Gasteiger partial charge is 0.497 e. The summed E-state index contributed by atoms with van der Waals surface area (Å²) in [5.41, 5.74) is 1.92. The van der Waals surface area contributed by atoms with E-state index in [0.29, 0.717) is 23.7 Å². The number of para-hydroxylation sites is 1. The van der Waals surface area contributed by atoms with Crippen LogP contribution in [0.15, 0.2) is 42.5 Å². The molecule has 0 saturated heterocycles. The number of ether oxygens (including phenoxy) is 3. The molecule has 1 aliphatic rings. The monoisotopic (exact) mass is 286 g/mol. The van der Waals surface area contributed by atoms with E-state index in [9.17, 15) is 5.11 Å². The zero-order chi connectivity index (χ0) is 14.7. The minimum Gasteiger partial charge on any atom is -0.497 e. The van der Waals surface area contributed by atoms with Gasteiger partial charge in [0, 0.05) is 12.0 Å². The maximum Gasteiger partial charge on any atom is 0.137 e. The molecule has 2 aromatic carbocycles. The summed E-state index contributed by atoms with van der Waals surface area (Å²) < 4.78 is 16.8. The molecule has 0 aromatic heterocycles. The molecule has 4 nitrogen and oxygen atoms in total. The van der Waals surface area contributed by atoms with Gasteiger partial charge < -0.3 is 19.3 Å². The molecule has 0 saturated carbocycles. The molecule has 1 aliphatic heterocycles. The Kier molecular flexibility index (Phi) is 3.97. The molecule has 1 heterocycles. The van der Waals surface area contributed by atoms with E-state index in [1.54, 1.807) is 13.2 Å². The summed E-state index contributed by atoms with van der Waals surface area (Å²) in [5.74, 6) is 2.30. The highest BCUT2D eigenvalue weighted by atomic mass is 16.5. The standard InChI is InChI=1S/C17H18O4/c1-19-14-6-7-16(13(9-14)10-18)20-11-15-8-12-4-2-3-5-17(12)21-15/h2-7,9,15,18H,8,10-11H2,1H3. The van der Waals surface area contributed by atoms with E-state index in [2.05, 4.69) is 6.07 Å². The predicted octanol–water partition coefficient (Wildman–Crippen LogP) is 2.57. The molecule has 0 spiro atoms. The first-order chi connectivity index (χ1) is 10.3. The maximum absolute atomic E-state index is 9.41. The highest BCUT2D eigenvalue weighted by Crippen LogP contribution is 2.29. The molecule has 110 valence electrons. The number of methoxy groups -OCH3 is 1. The fourth-order valence-electron chi connectivity index (χ4n) is 2.48. The molecule has 21 heavy (non-hydrogen) atoms. The third-order valence-corrected chi connectivity index (χ3v) is 3.58. The number of benzene rings is 2. The van der Waals surface area contributed by atoms with Gasteiger partial charge in [-0.1, -0.05) is 18.2 Å². The summed E-state index contributed by atoms with van der Waals surface area (Å²) in [5, 5.41) is 9.41. The minimum atomic E-state index is -0.0850. The summed E-state index contributed by atoms with van der Waals surface area (Å²) in [7, 11) is 1.60. The van der Waals surface area contributed by atoms with E-state index >= 15 is 0 Å². The Morgan fingerprint density at radius 2 is 2.10 bits per heavy atom. The Balaban J connectivity index is 1.64. The van der Waals surface area contributed by atoms with Crippen LogP contribution in [0.5, 0.6) is 17.2 Å². The van der Waals surface area contributed by atoms with E-state index in [1.807, 2.05) is 30.3 Å². The lowest BCUT2D eigenvalue weighted by Gasteiger charge is -2.15. The molecule has 0 fully saturated rings. The average molecular weight is 286 g/mol. The van der Waals surface area contributed by atoms with Crippen LogP contribution in [0.1, 0.15) is 11.1 Å². The van der Waals surface area contributed by atoms with Crippen LogP contribution in [0.3, 0.4) is 0 Å². The summed E-state index contributed by atoms with van der Waals surface area (Å²) >= 11 is 0. The molecule has 0 amide bonds. The van der Waals surface area contributed by atoms with Crippen molar-refractivity contribution >= 4 is 0 Å². The van der Waals surface area contributed by atoms with Gasteiger partial charge in [0.2, 0.25) is 0 Å². The van der Waals surface area contributed by atoms with Crippen LogP contribution in [-0.2, 0) is 13.0 Å². The smallest absolute Gasteiger partial charge is 0.137 e. The van der Waals surface area contributed by atoms with Crippen molar-refractivity contribution in [1.82, 2.24) is 0 Å². The normalized spacial score (nSPS) is 16.2. The number of rotatable bonds is 5. The molecule has 1 atom stereocenters. The van der Waals surface area contributed by atoms with Crippen LogP contribution in [0.4, 0.5) is 0 Å². The molecule has 1 unspecified atom stereocenters. The van der Waals surface area contributed by atoms with Gasteiger partial charge in [0.05, 0.1) is 13.7 Å². The molecule has 0 bridgehead atoms. The van der Waals surface area contributed by atoms with Gasteiger partial charge in [0.1, 0.15) is 30.0 Å². The van der Waals surface area contributed by atoms with Crippen LogP contribution in [0.25, 0.3) is 0 Å². The topological polar surface area (TPSA) is 47.9 Å². The molecule has 2 aromatic rings. The Morgan fingerprint density at radius 3 is 2.86 bits per heavy atom. The fraction of sp³-hybridized carbons (Fsp3) is 0.294. The van der Waals surface area contributed by atoms with Gasteiger partial charge in [-0.2, -0.15) is 0 Å². The number of aliphatic hydroxyl groups excluding tert-OH is 1. The highest BCUT2D eigenvalue weighted by molar-refractivity contribution is 5.40. The van der Waals surface area contributed by atoms with E-state index < -0.39 is 0 Å². The van der Waals surface area contributed by atoms with E-state index in [4.69, 9.17) is 14.2 Å². The molecule has 1 N–H and O–H groups in total. The van der Waals surface area contributed by atoms with Gasteiger partial charge >= 0.3 is 0 Å². The van der Waals surface area contributed by atoms with E-state index in [0.717, 1.165) is 12.2 Å². The van der Waals surface area contributed by atoms with Crippen LogP contribution >= 0.6 is 0 Å². The lowest BCUT2D eigenvalue weighted by molar-refractivity contribution is 0.146. The van der Waals surface area contributed by atoms with Gasteiger partial charge in [0.25, 0.3) is 0 Å². The second-order valence-electron chi connectivity index (χ2n) is 4.99. The lowest BCUT2D eigenvalue weighted by atomic mass is 10.1. The van der Waals surface area contributed by atoms with Crippen molar-refractivity contribution in [3.8, 4) is 17.2 Å². The summed E-state index contributed by atoms with van der Waals surface area (Å²) in [6.07, 6.45) is 0.858. The van der Waals surface area contributed by atoms with Crippen LogP contribution in [0, 0.1) is 0 Å². The lowest BCUT2D eigenvalue weighted by Crippen LogP contribution is -2.22. The summed E-state index contributed by atoms with van der Waals surface area (Å²) in [6.45, 7) is 0.367. The third-order valence-electron chi connectivity index (χ3n) is 3.58. The summed E-state index contributed by atoms with van der Waals surface area (Å²) in [4.78, 5) is 0. The van der Waals surface area contributed by atoms with Crippen LogP contribution in [-0.4, -0.2) is 24.9 Å². The van der Waals surface area contributed by atoms with Gasteiger partial charge in [0.15, 0.2) is 0 Å². The van der Waals surface area contributed by atoms with E-state index in [-0.39, 0.29) is 12.7 Å². The third kappa shape index (κ3) is 2.95. The van der Waals surface area contributed by atoms with Gasteiger partial charge in [-0.05, 0) is 29.8 Å². The predicted molar refractivity (Wildman–Crippen MR) is 79.0 cm³/mol. The second kappa shape index (κ2) is 6.06. The maximum atomic E-state index is 9.41. The Bertz CT molecular complexity index is 599. The number of aliphatic hydroxyl groups is 1. The summed E-state index contributed by atoms with van der Waals surface area (Å²) in [6, 6.07) is 13.4. The van der Waals surface area contributed by atoms with Crippen LogP contribution < -0.4 is 14.2 Å². The Morgan fingerprint density at radius 1 is 1.24 bits per heavy atom. The quantitative estimate of drug-likeness (QED) is 0.917. The SMILES string of the molecule is COc1ccc(OCC2Cc3ccccc3O2)c(CO)c1. The minimum absolute atomic E-state index is 0.0102. The second-order valence-corrected chi connectivity index (χ2v) is 4.99. The van der Waals surface area contributed by atoms with Crippen LogP contribution in [0.2, 0.25) is 0 Å². The Hall–Kier alpha value is -2.20. The van der Waals surface area contributed by atoms with Gasteiger partial charge in [-0.15, -0.1) is 0 Å². The van der Waals surface area contributed by atoms with Crippen molar-refractivity contribution in [3.63, 3.8) is 0 Å². The molecule has 4 heteroatoms. The number of hydrogen-bond acceptors (Lipinski definition) is 4. The zero-order valence-corrected chi connectivity index (χ0v) is 11.9. The first-order valence-electron chi connectivity index (χ1n) is 6.95. The first-order valence-corrected chi connectivity index (χ1v) is 6.95. The van der Waals surface area contributed by atoms with Crippen molar-refractivity contribution in [2.75, 3.05) is 13.7 Å². The van der Waals surface area contributed by atoms with Crippen molar-refractivity contribution in [2.45, 2.75) is 19.1 Å². The van der Waals surface area contributed by atoms with Crippen molar-refractivity contribution in [1.29, 1.82) is 0 Å². The number of hydrogen-bond donors (Lipinski definition) is 1. The van der Waals surface area contributed by atoms with Crippen molar-refractivity contribution in [3.05, 3.63) is 53.6 Å². The molecular formula is C17H18O4. The molecule has 3 rings (SSSR count). The Labute approximate surface area is 123 Å². The van der Waals surface area contributed by atoms with Gasteiger partial charge in [-0.3, -0.25) is 0 Å². The van der Waals surface area contributed by atoms with Crippen molar-refractivity contribution in [2.24, 2.45) is 0 Å². The molecule has 0 radical (unpaired) electrons. The van der Waals surface area contributed by atoms with Gasteiger partial charge in [-0.25, -0.2) is 0 Å². The average Bonchev–Trinajstić information content (AvgIpc) is 2.95. The zero-order valence-electron chi connectivity index (χ0n) is 11.9. The number of fused-ring (bicyclic) bond motifs is 1. The molecule has 0 aliphatic carbocycles. The molecular weight excluding hydrogens is 268 g/mol. The highest BCUT2D eigenvalue weighted by Gasteiger charge is 2.23. The van der Waals surface area contributed by atoms with Crippen molar-refractivity contribution < 1.29 is 19.3 Å². The van der Waals surface area contributed by atoms with E-state index in [1.165, 1.54) is 5.56 Å². The fourth-order valence-corrected chi connectivity index (χ4v) is 2.48. The first kappa shape index (κ1) is 13.8.